The molecular weight excluding hydrogens is 265 g/mol. The fraction of sp³-hybridized carbons (Fsp3) is 0.364. The van der Waals surface area contributed by atoms with Gasteiger partial charge in [0.1, 0.15) is 0 Å². The summed E-state index contributed by atoms with van der Waals surface area (Å²) in [6, 6.07) is 5.17. The van der Waals surface area contributed by atoms with Gasteiger partial charge in [-0.2, -0.15) is 12.6 Å². The zero-order chi connectivity index (χ0) is 11.7. The second kappa shape index (κ2) is 4.86. The van der Waals surface area contributed by atoms with Crippen LogP contribution in [0.15, 0.2) is 18.2 Å². The molecular formula is C11H11Cl2NOS. The van der Waals surface area contributed by atoms with Gasteiger partial charge in [0.2, 0.25) is 5.91 Å². The van der Waals surface area contributed by atoms with Crippen molar-refractivity contribution in [2.45, 2.75) is 6.42 Å². The van der Waals surface area contributed by atoms with Crippen molar-refractivity contribution < 1.29 is 4.79 Å². The molecule has 1 fully saturated rings. The van der Waals surface area contributed by atoms with Crippen LogP contribution in [0.3, 0.4) is 0 Å². The third-order valence-corrected chi connectivity index (χ3v) is 3.72. The highest BCUT2D eigenvalue weighted by Gasteiger charge is 2.30. The SMILES string of the molecule is O=C1CC(CS)CN1c1ccc(Cl)cc1Cl. The normalized spacial score (nSPS) is 20.6. The van der Waals surface area contributed by atoms with Gasteiger partial charge in [-0.1, -0.05) is 23.2 Å². The highest BCUT2D eigenvalue weighted by molar-refractivity contribution is 7.80. The van der Waals surface area contributed by atoms with Gasteiger partial charge in [0.05, 0.1) is 10.7 Å². The molecule has 0 spiro atoms. The second-order valence-electron chi connectivity index (χ2n) is 3.85. The average molecular weight is 276 g/mol. The molecule has 86 valence electrons. The van der Waals surface area contributed by atoms with Crippen LogP contribution < -0.4 is 4.90 Å². The Kier molecular flexibility index (Phi) is 3.67. The molecule has 1 aromatic rings. The van der Waals surface area contributed by atoms with Crippen LogP contribution in [0.25, 0.3) is 0 Å². The molecule has 0 bridgehead atoms. The molecule has 2 nitrogen and oxygen atoms in total. The highest BCUT2D eigenvalue weighted by atomic mass is 35.5. The molecule has 5 heteroatoms. The monoisotopic (exact) mass is 275 g/mol. The zero-order valence-electron chi connectivity index (χ0n) is 8.49. The van der Waals surface area contributed by atoms with Crippen LogP contribution in [0.1, 0.15) is 6.42 Å². The van der Waals surface area contributed by atoms with E-state index in [4.69, 9.17) is 23.2 Å². The van der Waals surface area contributed by atoms with Gasteiger partial charge in [0.25, 0.3) is 0 Å². The summed E-state index contributed by atoms with van der Waals surface area (Å²) in [5, 5.41) is 1.09. The molecule has 1 saturated heterocycles. The van der Waals surface area contributed by atoms with Crippen molar-refractivity contribution in [2.75, 3.05) is 17.2 Å². The van der Waals surface area contributed by atoms with Gasteiger partial charge in [0.15, 0.2) is 0 Å². The Hall–Kier alpha value is -0.380. The Morgan fingerprint density at radius 3 is 2.75 bits per heavy atom. The van der Waals surface area contributed by atoms with E-state index in [0.717, 1.165) is 5.69 Å². The van der Waals surface area contributed by atoms with Crippen molar-refractivity contribution in [3.63, 3.8) is 0 Å². The van der Waals surface area contributed by atoms with E-state index in [9.17, 15) is 4.79 Å². The molecule has 1 atom stereocenters. The number of hydrogen-bond donors (Lipinski definition) is 1. The van der Waals surface area contributed by atoms with Crippen molar-refractivity contribution in [2.24, 2.45) is 5.92 Å². The minimum absolute atomic E-state index is 0.100. The smallest absolute Gasteiger partial charge is 0.227 e. The summed E-state index contributed by atoms with van der Waals surface area (Å²) in [4.78, 5) is 13.5. The number of benzene rings is 1. The van der Waals surface area contributed by atoms with Crippen LogP contribution in [-0.2, 0) is 4.79 Å². The van der Waals surface area contributed by atoms with Gasteiger partial charge in [-0.25, -0.2) is 0 Å². The van der Waals surface area contributed by atoms with Crippen LogP contribution in [0.5, 0.6) is 0 Å². The van der Waals surface area contributed by atoms with Crippen molar-refractivity contribution in [1.82, 2.24) is 0 Å². The Bertz CT molecular complexity index is 424. The molecule has 2 rings (SSSR count). The second-order valence-corrected chi connectivity index (χ2v) is 5.06. The van der Waals surface area contributed by atoms with Crippen LogP contribution in [-0.4, -0.2) is 18.2 Å². The lowest BCUT2D eigenvalue weighted by molar-refractivity contribution is -0.117. The summed E-state index contributed by atoms with van der Waals surface area (Å²) < 4.78 is 0. The minimum atomic E-state index is 0.100. The molecule has 0 radical (unpaired) electrons. The number of amides is 1. The lowest BCUT2D eigenvalue weighted by atomic mass is 10.1. The third-order valence-electron chi connectivity index (χ3n) is 2.66. The first kappa shape index (κ1) is 12.1. The van der Waals surface area contributed by atoms with Gasteiger partial charge in [-0.05, 0) is 29.9 Å². The molecule has 0 N–H and O–H groups in total. The molecule has 1 aliphatic rings. The predicted octanol–water partition coefficient (Wildman–Crippen LogP) is 3.28. The summed E-state index contributed by atoms with van der Waals surface area (Å²) in [5.41, 5.74) is 0.736. The molecule has 0 saturated carbocycles. The van der Waals surface area contributed by atoms with E-state index in [0.29, 0.717) is 34.7 Å². The van der Waals surface area contributed by atoms with Crippen LogP contribution >= 0.6 is 35.8 Å². The summed E-state index contributed by atoms with van der Waals surface area (Å²) in [6.07, 6.45) is 0.544. The number of carbonyl (C=O) groups is 1. The summed E-state index contributed by atoms with van der Waals surface area (Å²) in [7, 11) is 0. The lowest BCUT2D eigenvalue weighted by Crippen LogP contribution is -2.24. The number of thiol groups is 1. The Morgan fingerprint density at radius 1 is 1.44 bits per heavy atom. The Labute approximate surface area is 110 Å². The van der Waals surface area contributed by atoms with Crippen LogP contribution in [0, 0.1) is 5.92 Å². The van der Waals surface area contributed by atoms with Crippen molar-refractivity contribution in [3.8, 4) is 0 Å². The van der Waals surface area contributed by atoms with E-state index in [1.807, 2.05) is 0 Å². The maximum absolute atomic E-state index is 11.8. The average Bonchev–Trinajstić information content (AvgIpc) is 2.60. The zero-order valence-corrected chi connectivity index (χ0v) is 10.9. The molecule has 16 heavy (non-hydrogen) atoms. The Balaban J connectivity index is 2.28. The number of rotatable bonds is 2. The maximum atomic E-state index is 11.8. The maximum Gasteiger partial charge on any atom is 0.227 e. The molecule has 1 aromatic carbocycles. The van der Waals surface area contributed by atoms with Gasteiger partial charge in [-0.3, -0.25) is 4.79 Å². The lowest BCUT2D eigenvalue weighted by Gasteiger charge is -2.18. The molecule has 1 aliphatic heterocycles. The van der Waals surface area contributed by atoms with E-state index in [-0.39, 0.29) is 5.91 Å². The number of halogens is 2. The largest absolute Gasteiger partial charge is 0.311 e. The molecule has 0 aromatic heterocycles. The van der Waals surface area contributed by atoms with E-state index in [2.05, 4.69) is 12.6 Å². The van der Waals surface area contributed by atoms with Crippen molar-refractivity contribution >= 4 is 47.4 Å². The quantitative estimate of drug-likeness (QED) is 0.822. The van der Waals surface area contributed by atoms with E-state index in [1.54, 1.807) is 23.1 Å². The topological polar surface area (TPSA) is 20.3 Å². The fourth-order valence-corrected chi connectivity index (χ4v) is 2.59. The molecule has 1 unspecified atom stereocenters. The first-order valence-corrected chi connectivity index (χ1v) is 6.37. The standard InChI is InChI=1S/C11H11Cl2NOS/c12-8-1-2-10(9(13)4-8)14-5-7(6-16)3-11(14)15/h1-2,4,7,16H,3,5-6H2. The van der Waals surface area contributed by atoms with E-state index >= 15 is 0 Å². The molecule has 1 amide bonds. The summed E-state index contributed by atoms with van der Waals surface area (Å²) in [5.74, 6) is 1.12. The number of nitrogens with zero attached hydrogens (tertiary/aromatic N) is 1. The van der Waals surface area contributed by atoms with Gasteiger partial charge < -0.3 is 4.90 Å². The van der Waals surface area contributed by atoms with E-state index < -0.39 is 0 Å². The number of carbonyl (C=O) groups excluding carboxylic acids is 1. The molecule has 1 heterocycles. The Morgan fingerprint density at radius 2 is 2.19 bits per heavy atom. The third kappa shape index (κ3) is 2.31. The molecule has 0 aliphatic carbocycles. The summed E-state index contributed by atoms with van der Waals surface area (Å²) in [6.45, 7) is 0.684. The fourth-order valence-electron chi connectivity index (χ4n) is 1.84. The van der Waals surface area contributed by atoms with Gasteiger partial charge >= 0.3 is 0 Å². The van der Waals surface area contributed by atoms with Crippen molar-refractivity contribution in [3.05, 3.63) is 28.2 Å². The first-order valence-electron chi connectivity index (χ1n) is 4.98. The predicted molar refractivity (Wildman–Crippen MR) is 70.8 cm³/mol. The van der Waals surface area contributed by atoms with Gasteiger partial charge in [-0.15, -0.1) is 0 Å². The van der Waals surface area contributed by atoms with Crippen LogP contribution in [0.4, 0.5) is 5.69 Å². The minimum Gasteiger partial charge on any atom is -0.311 e. The number of hydrogen-bond acceptors (Lipinski definition) is 2. The van der Waals surface area contributed by atoms with Crippen LogP contribution in [0.2, 0.25) is 10.0 Å². The highest BCUT2D eigenvalue weighted by Crippen LogP contribution is 2.33. The first-order chi connectivity index (χ1) is 7.61. The van der Waals surface area contributed by atoms with E-state index in [1.165, 1.54) is 0 Å². The van der Waals surface area contributed by atoms with Crippen molar-refractivity contribution in [1.29, 1.82) is 0 Å². The number of anilines is 1. The summed E-state index contributed by atoms with van der Waals surface area (Å²) >= 11 is 16.1. The van der Waals surface area contributed by atoms with Gasteiger partial charge in [0, 0.05) is 18.0 Å².